The number of nitrogens with zero attached hydrogens (tertiary/aromatic N) is 2. The van der Waals surface area contributed by atoms with Crippen LogP contribution in [0, 0.1) is 6.92 Å². The molecule has 2 heterocycles. The van der Waals surface area contributed by atoms with Crippen molar-refractivity contribution < 1.29 is 14.3 Å². The minimum absolute atomic E-state index is 0.0136. The summed E-state index contributed by atoms with van der Waals surface area (Å²) >= 11 is 7.30. The number of thiazole rings is 1. The third kappa shape index (κ3) is 4.62. The van der Waals surface area contributed by atoms with Crippen LogP contribution in [0.1, 0.15) is 10.4 Å². The highest BCUT2D eigenvalue weighted by Gasteiger charge is 2.25. The number of rotatable bonds is 6. The number of aryl methyl sites for hydroxylation is 1. The van der Waals surface area contributed by atoms with Gasteiger partial charge in [-0.1, -0.05) is 29.8 Å². The van der Waals surface area contributed by atoms with E-state index in [9.17, 15) is 9.59 Å². The summed E-state index contributed by atoms with van der Waals surface area (Å²) in [5, 5.41) is 4.03. The number of hydrogen-bond acceptors (Lipinski definition) is 5. The number of anilines is 2. The van der Waals surface area contributed by atoms with E-state index in [-0.39, 0.29) is 24.8 Å². The highest BCUT2D eigenvalue weighted by Crippen LogP contribution is 2.38. The lowest BCUT2D eigenvalue weighted by atomic mass is 10.1. The highest BCUT2D eigenvalue weighted by atomic mass is 35.5. The van der Waals surface area contributed by atoms with Crippen LogP contribution in [0.5, 0.6) is 5.75 Å². The Morgan fingerprint density at radius 3 is 2.84 bits per heavy atom. The van der Waals surface area contributed by atoms with Crippen molar-refractivity contribution in [2.45, 2.75) is 13.3 Å². The first-order valence-electron chi connectivity index (χ1n) is 9.65. The molecule has 31 heavy (non-hydrogen) atoms. The summed E-state index contributed by atoms with van der Waals surface area (Å²) in [4.78, 5) is 31.9. The number of hydrogen-bond donors (Lipinski definition) is 1. The normalized spacial score (nSPS) is 12.8. The molecule has 0 unspecified atom stereocenters. The van der Waals surface area contributed by atoms with E-state index < -0.39 is 0 Å². The summed E-state index contributed by atoms with van der Waals surface area (Å²) in [6.45, 7) is 6.10. The molecular weight excluding hydrogens is 434 g/mol. The molecule has 6 nitrogen and oxygen atoms in total. The molecule has 0 aliphatic carbocycles. The fourth-order valence-corrected chi connectivity index (χ4v) is 4.33. The molecule has 0 radical (unpaired) electrons. The fraction of sp³-hybridized carbons (Fsp3) is 0.174. The minimum atomic E-state index is -0.149. The molecule has 3 aromatic rings. The van der Waals surface area contributed by atoms with Gasteiger partial charge in [0.15, 0.2) is 11.7 Å². The van der Waals surface area contributed by atoms with Crippen molar-refractivity contribution in [2.24, 2.45) is 0 Å². The van der Waals surface area contributed by atoms with E-state index in [1.807, 2.05) is 37.3 Å². The zero-order valence-electron chi connectivity index (χ0n) is 16.9. The number of nitrogens with one attached hydrogen (secondary N) is 1. The van der Waals surface area contributed by atoms with E-state index in [2.05, 4.69) is 16.9 Å². The molecule has 1 aliphatic heterocycles. The predicted molar refractivity (Wildman–Crippen MR) is 124 cm³/mol. The SMILES string of the molecule is C=CCN1C(=O)COc2ccc(-c3nc(NC(=O)Cc4ccc(Cl)cc4)sc3C)cc21. The molecule has 1 aliphatic rings. The third-order valence-electron chi connectivity index (χ3n) is 4.81. The molecule has 0 saturated carbocycles. The molecule has 4 rings (SSSR count). The minimum Gasteiger partial charge on any atom is -0.482 e. The second kappa shape index (κ2) is 8.91. The second-order valence-corrected chi connectivity index (χ2v) is 8.68. The van der Waals surface area contributed by atoms with E-state index in [0.29, 0.717) is 28.1 Å². The van der Waals surface area contributed by atoms with E-state index in [4.69, 9.17) is 16.3 Å². The maximum absolute atomic E-state index is 12.4. The van der Waals surface area contributed by atoms with Crippen LogP contribution in [0.15, 0.2) is 55.1 Å². The topological polar surface area (TPSA) is 71.5 Å². The smallest absolute Gasteiger partial charge is 0.265 e. The molecule has 0 spiro atoms. The molecule has 0 bridgehead atoms. The summed E-state index contributed by atoms with van der Waals surface area (Å²) in [6.07, 6.45) is 1.92. The van der Waals surface area contributed by atoms with Gasteiger partial charge in [0, 0.05) is 22.0 Å². The van der Waals surface area contributed by atoms with E-state index in [1.165, 1.54) is 11.3 Å². The highest BCUT2D eigenvalue weighted by molar-refractivity contribution is 7.16. The Balaban J connectivity index is 1.55. The summed E-state index contributed by atoms with van der Waals surface area (Å²) in [5.41, 5.74) is 3.16. The fourth-order valence-electron chi connectivity index (χ4n) is 3.35. The summed E-state index contributed by atoms with van der Waals surface area (Å²) in [7, 11) is 0. The van der Waals surface area contributed by atoms with E-state index >= 15 is 0 Å². The van der Waals surface area contributed by atoms with Gasteiger partial charge < -0.3 is 15.0 Å². The second-order valence-electron chi connectivity index (χ2n) is 7.04. The molecule has 0 atom stereocenters. The lowest BCUT2D eigenvalue weighted by Crippen LogP contribution is -2.38. The van der Waals surface area contributed by atoms with Crippen LogP contribution in [0.2, 0.25) is 5.02 Å². The number of benzene rings is 2. The van der Waals surface area contributed by atoms with E-state index in [1.54, 1.807) is 23.1 Å². The van der Waals surface area contributed by atoms with Gasteiger partial charge >= 0.3 is 0 Å². The van der Waals surface area contributed by atoms with Gasteiger partial charge in [-0.3, -0.25) is 9.59 Å². The van der Waals surface area contributed by atoms with E-state index in [0.717, 1.165) is 21.7 Å². The molecule has 1 aromatic heterocycles. The van der Waals surface area contributed by atoms with Crippen LogP contribution in [0.25, 0.3) is 11.3 Å². The van der Waals surface area contributed by atoms with Crippen molar-refractivity contribution in [3.05, 3.63) is 70.6 Å². The molecule has 0 saturated heterocycles. The van der Waals surface area contributed by atoms with Gasteiger partial charge in [0.05, 0.1) is 17.8 Å². The van der Waals surface area contributed by atoms with Gasteiger partial charge in [-0.25, -0.2) is 4.98 Å². The van der Waals surface area contributed by atoms with Crippen LogP contribution in [-0.2, 0) is 16.0 Å². The quantitative estimate of drug-likeness (QED) is 0.541. The number of amides is 2. The Kier molecular flexibility index (Phi) is 6.06. The molecular formula is C23H20ClN3O3S. The number of ether oxygens (including phenoxy) is 1. The number of carbonyl (C=O) groups excluding carboxylic acids is 2. The zero-order valence-corrected chi connectivity index (χ0v) is 18.4. The maximum atomic E-state index is 12.4. The van der Waals surface area contributed by atoms with Gasteiger partial charge in [-0.2, -0.15) is 0 Å². The van der Waals surface area contributed by atoms with Gasteiger partial charge in [0.25, 0.3) is 5.91 Å². The number of fused-ring (bicyclic) bond motifs is 1. The average molecular weight is 454 g/mol. The van der Waals surface area contributed by atoms with Crippen molar-refractivity contribution in [1.82, 2.24) is 4.98 Å². The number of halogens is 1. The molecule has 8 heteroatoms. The molecule has 2 amide bonds. The molecule has 2 aromatic carbocycles. The number of aromatic nitrogens is 1. The van der Waals surface area contributed by atoms with Crippen LogP contribution >= 0.6 is 22.9 Å². The molecule has 1 N–H and O–H groups in total. The van der Waals surface area contributed by atoms with Crippen LogP contribution in [-0.4, -0.2) is 29.9 Å². The van der Waals surface area contributed by atoms with Crippen molar-refractivity contribution in [3.8, 4) is 17.0 Å². The maximum Gasteiger partial charge on any atom is 0.265 e. The van der Waals surface area contributed by atoms with Gasteiger partial charge in [0.2, 0.25) is 5.91 Å². The van der Waals surface area contributed by atoms with Gasteiger partial charge in [-0.05, 0) is 42.8 Å². The monoisotopic (exact) mass is 453 g/mol. The first-order chi connectivity index (χ1) is 14.9. The number of carbonyl (C=O) groups is 2. The lowest BCUT2D eigenvalue weighted by molar-refractivity contribution is -0.121. The standard InChI is InChI=1S/C23H20ClN3O3S/c1-3-10-27-18-12-16(6-9-19(18)30-13-21(27)29)22-14(2)31-23(26-22)25-20(28)11-15-4-7-17(24)8-5-15/h3-9,12H,1,10-11,13H2,2H3,(H,25,26,28). The first-order valence-corrected chi connectivity index (χ1v) is 10.8. The first kappa shape index (κ1) is 21.1. The van der Waals surface area contributed by atoms with Gasteiger partial charge in [0.1, 0.15) is 5.75 Å². The third-order valence-corrected chi connectivity index (χ3v) is 5.95. The molecule has 0 fully saturated rings. The predicted octanol–water partition coefficient (Wildman–Crippen LogP) is 4.86. The zero-order chi connectivity index (χ0) is 22.0. The van der Waals surface area contributed by atoms with Crippen molar-refractivity contribution >= 4 is 45.6 Å². The summed E-state index contributed by atoms with van der Waals surface area (Å²) in [6, 6.07) is 12.8. The van der Waals surface area contributed by atoms with Gasteiger partial charge in [-0.15, -0.1) is 17.9 Å². The summed E-state index contributed by atoms with van der Waals surface area (Å²) in [5.74, 6) is 0.383. The average Bonchev–Trinajstić information content (AvgIpc) is 3.11. The van der Waals surface area contributed by atoms with Crippen molar-refractivity contribution in [1.29, 1.82) is 0 Å². The Hall–Kier alpha value is -3.16. The van der Waals surface area contributed by atoms with Crippen LogP contribution in [0.3, 0.4) is 0 Å². The lowest BCUT2D eigenvalue weighted by Gasteiger charge is -2.28. The Morgan fingerprint density at radius 2 is 2.10 bits per heavy atom. The van der Waals surface area contributed by atoms with Crippen LogP contribution < -0.4 is 15.0 Å². The Labute approximate surface area is 189 Å². The Morgan fingerprint density at radius 1 is 1.32 bits per heavy atom. The van der Waals surface area contributed by atoms with Crippen LogP contribution in [0.4, 0.5) is 10.8 Å². The largest absolute Gasteiger partial charge is 0.482 e. The molecule has 158 valence electrons. The van der Waals surface area contributed by atoms with Crippen molar-refractivity contribution in [3.63, 3.8) is 0 Å². The van der Waals surface area contributed by atoms with Crippen molar-refractivity contribution in [2.75, 3.05) is 23.4 Å². The summed E-state index contributed by atoms with van der Waals surface area (Å²) < 4.78 is 5.55. The Bertz CT molecular complexity index is 1160.